The number of amides is 1. The first-order chi connectivity index (χ1) is 14.1. The molecule has 0 unspecified atom stereocenters. The molecule has 2 rings (SSSR count). The van der Waals surface area contributed by atoms with Crippen LogP contribution in [0.4, 0.5) is 32.0 Å². The number of hydrogen-bond acceptors (Lipinski definition) is 5. The SMILES string of the molecule is NS(=O)(=O)c1cccc(NC(=O)COC(=O)c2cc(C(F)(F)F)cc(C(F)(F)F)c2)c1. The zero-order valence-corrected chi connectivity index (χ0v) is 15.9. The minimum absolute atomic E-state index is 0.0639. The highest BCUT2D eigenvalue weighted by Gasteiger charge is 2.37. The van der Waals surface area contributed by atoms with Gasteiger partial charge >= 0.3 is 18.3 Å². The molecule has 0 saturated carbocycles. The Hall–Kier alpha value is -3.13. The van der Waals surface area contributed by atoms with Gasteiger partial charge in [0.25, 0.3) is 5.91 Å². The Kier molecular flexibility index (Phi) is 6.66. The molecule has 0 radical (unpaired) electrons. The minimum Gasteiger partial charge on any atom is -0.452 e. The van der Waals surface area contributed by atoms with E-state index in [2.05, 4.69) is 10.1 Å². The summed E-state index contributed by atoms with van der Waals surface area (Å²) >= 11 is 0. The van der Waals surface area contributed by atoms with Gasteiger partial charge < -0.3 is 10.1 Å². The van der Waals surface area contributed by atoms with Gasteiger partial charge in [0.2, 0.25) is 10.0 Å². The van der Waals surface area contributed by atoms with Crippen molar-refractivity contribution in [3.63, 3.8) is 0 Å². The van der Waals surface area contributed by atoms with Crippen molar-refractivity contribution in [2.75, 3.05) is 11.9 Å². The second kappa shape index (κ2) is 8.55. The van der Waals surface area contributed by atoms with Crippen molar-refractivity contribution in [3.8, 4) is 0 Å². The number of esters is 1. The summed E-state index contributed by atoms with van der Waals surface area (Å²) in [6.45, 7) is -1.07. The third kappa shape index (κ3) is 6.68. The molecule has 0 spiro atoms. The molecular formula is C17H12F6N2O5S. The first kappa shape index (κ1) is 24.1. The number of sulfonamides is 1. The number of nitrogens with two attached hydrogens (primary N) is 1. The largest absolute Gasteiger partial charge is 0.452 e. The van der Waals surface area contributed by atoms with Crippen LogP contribution in [-0.2, 0) is 31.9 Å². The van der Waals surface area contributed by atoms with Crippen LogP contribution in [0.25, 0.3) is 0 Å². The van der Waals surface area contributed by atoms with Gasteiger partial charge in [0.05, 0.1) is 21.6 Å². The number of halogens is 6. The van der Waals surface area contributed by atoms with Crippen LogP contribution in [0.3, 0.4) is 0 Å². The van der Waals surface area contributed by atoms with Gasteiger partial charge in [-0.15, -0.1) is 0 Å². The second-order valence-corrected chi connectivity index (χ2v) is 7.55. The molecule has 0 saturated heterocycles. The van der Waals surface area contributed by atoms with E-state index in [1.54, 1.807) is 0 Å². The van der Waals surface area contributed by atoms with Crippen LogP contribution in [0, 0.1) is 0 Å². The molecule has 7 nitrogen and oxygen atoms in total. The molecule has 3 N–H and O–H groups in total. The molecule has 168 valence electrons. The number of anilines is 1. The van der Waals surface area contributed by atoms with Crippen LogP contribution >= 0.6 is 0 Å². The molecule has 2 aromatic carbocycles. The van der Waals surface area contributed by atoms with Crippen molar-refractivity contribution >= 4 is 27.6 Å². The first-order valence-electron chi connectivity index (χ1n) is 7.97. The zero-order valence-electron chi connectivity index (χ0n) is 15.0. The predicted molar refractivity (Wildman–Crippen MR) is 93.2 cm³/mol. The molecule has 0 aliphatic carbocycles. The van der Waals surface area contributed by atoms with E-state index in [0.717, 1.165) is 12.1 Å². The Balaban J connectivity index is 2.14. The smallest absolute Gasteiger partial charge is 0.416 e. The van der Waals surface area contributed by atoms with E-state index in [1.165, 1.54) is 12.1 Å². The molecule has 0 aromatic heterocycles. The van der Waals surface area contributed by atoms with Gasteiger partial charge in [-0.25, -0.2) is 18.4 Å². The molecule has 0 atom stereocenters. The van der Waals surface area contributed by atoms with Crippen LogP contribution in [0.5, 0.6) is 0 Å². The van der Waals surface area contributed by atoms with Gasteiger partial charge in [0, 0.05) is 5.69 Å². The van der Waals surface area contributed by atoms with Crippen LogP contribution < -0.4 is 10.5 Å². The normalized spacial score (nSPS) is 12.4. The number of carbonyl (C=O) groups is 2. The van der Waals surface area contributed by atoms with E-state index >= 15 is 0 Å². The summed E-state index contributed by atoms with van der Waals surface area (Å²) in [5.74, 6) is -2.65. The van der Waals surface area contributed by atoms with Crippen molar-refractivity contribution in [3.05, 3.63) is 59.2 Å². The highest BCUT2D eigenvalue weighted by Crippen LogP contribution is 2.36. The fourth-order valence-corrected chi connectivity index (χ4v) is 2.79. The molecular weight excluding hydrogens is 458 g/mol. The number of primary sulfonamides is 1. The Bertz CT molecular complexity index is 1080. The standard InChI is InChI=1S/C17H12F6N2O5S/c18-16(19,20)10-4-9(5-11(6-10)17(21,22)23)15(27)30-8-14(26)25-12-2-1-3-13(7-12)31(24,28)29/h1-7H,8H2,(H,25,26)(H2,24,28,29). The maximum Gasteiger partial charge on any atom is 0.416 e. The van der Waals surface area contributed by atoms with E-state index in [4.69, 9.17) is 5.14 Å². The number of nitrogens with one attached hydrogen (secondary N) is 1. The molecule has 0 aliphatic heterocycles. The van der Waals surface area contributed by atoms with Gasteiger partial charge in [-0.05, 0) is 36.4 Å². The van der Waals surface area contributed by atoms with Gasteiger partial charge in [-0.3, -0.25) is 4.79 Å². The lowest BCUT2D eigenvalue weighted by molar-refractivity contribution is -0.143. The Morgan fingerprint density at radius 1 is 0.935 bits per heavy atom. The van der Waals surface area contributed by atoms with Gasteiger partial charge in [-0.1, -0.05) is 6.07 Å². The summed E-state index contributed by atoms with van der Waals surface area (Å²) in [4.78, 5) is 23.4. The highest BCUT2D eigenvalue weighted by molar-refractivity contribution is 7.89. The maximum atomic E-state index is 12.8. The third-order valence-electron chi connectivity index (χ3n) is 3.60. The van der Waals surface area contributed by atoms with Crippen LogP contribution in [0.2, 0.25) is 0 Å². The lowest BCUT2D eigenvalue weighted by Gasteiger charge is -2.14. The lowest BCUT2D eigenvalue weighted by atomic mass is 10.0. The quantitative estimate of drug-likeness (QED) is 0.515. The van der Waals surface area contributed by atoms with Gasteiger partial charge in [0.15, 0.2) is 6.61 Å². The average Bonchev–Trinajstić information content (AvgIpc) is 2.64. The molecule has 0 fully saturated rings. The molecule has 14 heteroatoms. The Morgan fingerprint density at radius 2 is 1.48 bits per heavy atom. The summed E-state index contributed by atoms with van der Waals surface area (Å²) in [5, 5.41) is 7.07. The van der Waals surface area contributed by atoms with E-state index in [1.807, 2.05) is 0 Å². The molecule has 1 amide bonds. The van der Waals surface area contributed by atoms with Gasteiger partial charge in [-0.2, -0.15) is 26.3 Å². The summed E-state index contributed by atoms with van der Waals surface area (Å²) in [6, 6.07) is 4.77. The fraction of sp³-hybridized carbons (Fsp3) is 0.176. The molecule has 2 aromatic rings. The maximum absolute atomic E-state index is 12.8. The second-order valence-electron chi connectivity index (χ2n) is 5.99. The van der Waals surface area contributed by atoms with Crippen LogP contribution in [0.1, 0.15) is 21.5 Å². The number of carbonyl (C=O) groups excluding carboxylic acids is 2. The Morgan fingerprint density at radius 3 is 1.97 bits per heavy atom. The summed E-state index contributed by atoms with van der Waals surface area (Å²) < 4.78 is 104. The number of rotatable bonds is 5. The van der Waals surface area contributed by atoms with Crippen LogP contribution in [-0.4, -0.2) is 26.9 Å². The molecule has 31 heavy (non-hydrogen) atoms. The fourth-order valence-electron chi connectivity index (χ4n) is 2.24. The van der Waals surface area contributed by atoms with Crippen molar-refractivity contribution in [1.82, 2.24) is 0 Å². The Labute approximate surface area is 170 Å². The van der Waals surface area contributed by atoms with E-state index in [-0.39, 0.29) is 28.8 Å². The minimum atomic E-state index is -5.16. The van der Waals surface area contributed by atoms with Crippen molar-refractivity contribution < 1.29 is 49.1 Å². The van der Waals surface area contributed by atoms with Crippen molar-refractivity contribution in [2.24, 2.45) is 5.14 Å². The molecule has 0 bridgehead atoms. The van der Waals surface area contributed by atoms with E-state index in [9.17, 15) is 44.3 Å². The van der Waals surface area contributed by atoms with Crippen molar-refractivity contribution in [2.45, 2.75) is 17.2 Å². The first-order valence-corrected chi connectivity index (χ1v) is 9.51. The highest BCUT2D eigenvalue weighted by atomic mass is 32.2. The van der Waals surface area contributed by atoms with Crippen LogP contribution in [0.15, 0.2) is 47.4 Å². The predicted octanol–water partition coefficient (Wildman–Crippen LogP) is 3.17. The zero-order chi connectivity index (χ0) is 23.6. The summed E-state index contributed by atoms with van der Waals surface area (Å²) in [5.41, 5.74) is -4.57. The topological polar surface area (TPSA) is 116 Å². The number of benzene rings is 2. The van der Waals surface area contributed by atoms with Crippen molar-refractivity contribution in [1.29, 1.82) is 0 Å². The average molecular weight is 470 g/mol. The molecule has 0 aliphatic rings. The number of alkyl halides is 6. The number of ether oxygens (including phenoxy) is 1. The summed E-state index contributed by atoms with van der Waals surface area (Å²) in [7, 11) is -4.08. The van der Waals surface area contributed by atoms with Gasteiger partial charge in [0.1, 0.15) is 0 Å². The monoisotopic (exact) mass is 470 g/mol. The van der Waals surface area contributed by atoms with E-state index < -0.39 is 57.5 Å². The third-order valence-corrected chi connectivity index (χ3v) is 4.52. The molecule has 0 heterocycles. The van der Waals surface area contributed by atoms with E-state index in [0.29, 0.717) is 0 Å². The summed E-state index contributed by atoms with van der Waals surface area (Å²) in [6.07, 6.45) is -10.3. The lowest BCUT2D eigenvalue weighted by Crippen LogP contribution is -2.22. The number of hydrogen-bond donors (Lipinski definition) is 2.